The van der Waals surface area contributed by atoms with E-state index in [1.54, 1.807) is 25.1 Å². The number of aliphatic hydroxyl groups excluding tert-OH is 1. The third-order valence-electron chi connectivity index (χ3n) is 1.97. The van der Waals surface area contributed by atoms with E-state index in [4.69, 9.17) is 0 Å². The Kier molecular flexibility index (Phi) is 3.20. The number of halogens is 1. The van der Waals surface area contributed by atoms with Crippen LogP contribution >= 0.6 is 0 Å². The predicted octanol–water partition coefficient (Wildman–Crippen LogP) is 2.74. The van der Waals surface area contributed by atoms with Crippen LogP contribution in [0.25, 0.3) is 0 Å². The molecule has 0 aliphatic rings. The van der Waals surface area contributed by atoms with Crippen molar-refractivity contribution in [1.82, 2.24) is 0 Å². The van der Waals surface area contributed by atoms with Crippen molar-refractivity contribution in [3.05, 3.63) is 47.8 Å². The van der Waals surface area contributed by atoms with E-state index in [0.717, 1.165) is 0 Å². The van der Waals surface area contributed by atoms with Crippen LogP contribution in [-0.2, 0) is 0 Å². The normalized spacial score (nSPS) is 12.5. The van der Waals surface area contributed by atoms with Gasteiger partial charge in [-0.3, -0.25) is 0 Å². The highest BCUT2D eigenvalue weighted by molar-refractivity contribution is 5.25. The molecule has 0 bridgehead atoms. The SMILES string of the molecule is C=CCC(O)c1ccc(C)c(F)c1. The molecule has 1 nitrogen and oxygen atoms in total. The number of benzene rings is 1. The molecule has 2 heteroatoms. The largest absolute Gasteiger partial charge is 0.388 e. The maximum absolute atomic E-state index is 13.0. The van der Waals surface area contributed by atoms with Gasteiger partial charge in [-0.2, -0.15) is 0 Å². The predicted molar refractivity (Wildman–Crippen MR) is 50.9 cm³/mol. The summed E-state index contributed by atoms with van der Waals surface area (Å²) in [6.07, 6.45) is 1.41. The molecular weight excluding hydrogens is 167 g/mol. The summed E-state index contributed by atoms with van der Waals surface area (Å²) >= 11 is 0. The molecule has 0 saturated heterocycles. The van der Waals surface area contributed by atoms with Crippen molar-refractivity contribution in [3.8, 4) is 0 Å². The Balaban J connectivity index is 2.89. The summed E-state index contributed by atoms with van der Waals surface area (Å²) in [4.78, 5) is 0. The molecule has 0 fully saturated rings. The molecule has 0 aromatic heterocycles. The summed E-state index contributed by atoms with van der Waals surface area (Å²) in [7, 11) is 0. The first-order valence-electron chi connectivity index (χ1n) is 4.20. The van der Waals surface area contributed by atoms with E-state index in [1.807, 2.05) is 0 Å². The standard InChI is InChI=1S/C11H13FO/c1-3-4-11(13)9-6-5-8(2)10(12)7-9/h3,5-7,11,13H,1,4H2,2H3. The lowest BCUT2D eigenvalue weighted by atomic mass is 10.0. The van der Waals surface area contributed by atoms with E-state index in [0.29, 0.717) is 17.5 Å². The van der Waals surface area contributed by atoms with Crippen LogP contribution in [0, 0.1) is 12.7 Å². The van der Waals surface area contributed by atoms with Gasteiger partial charge >= 0.3 is 0 Å². The molecule has 1 atom stereocenters. The van der Waals surface area contributed by atoms with E-state index in [2.05, 4.69) is 6.58 Å². The Bertz CT molecular complexity index is 307. The smallest absolute Gasteiger partial charge is 0.126 e. The number of hydrogen-bond acceptors (Lipinski definition) is 1. The van der Waals surface area contributed by atoms with Crippen LogP contribution in [0.2, 0.25) is 0 Å². The maximum atomic E-state index is 13.0. The highest BCUT2D eigenvalue weighted by Gasteiger charge is 2.07. The Morgan fingerprint density at radius 2 is 2.31 bits per heavy atom. The molecule has 1 rings (SSSR count). The molecule has 0 radical (unpaired) electrons. The Hall–Kier alpha value is -1.15. The van der Waals surface area contributed by atoms with Gasteiger partial charge < -0.3 is 5.11 Å². The zero-order chi connectivity index (χ0) is 9.84. The molecule has 13 heavy (non-hydrogen) atoms. The fourth-order valence-corrected chi connectivity index (χ4v) is 1.11. The maximum Gasteiger partial charge on any atom is 0.126 e. The lowest BCUT2D eigenvalue weighted by Gasteiger charge is -2.08. The number of rotatable bonds is 3. The second kappa shape index (κ2) is 4.19. The third kappa shape index (κ3) is 2.39. The molecule has 0 aliphatic heterocycles. The Morgan fingerprint density at radius 3 is 2.85 bits per heavy atom. The summed E-state index contributed by atoms with van der Waals surface area (Å²) < 4.78 is 13.0. The van der Waals surface area contributed by atoms with Gasteiger partial charge in [0.2, 0.25) is 0 Å². The lowest BCUT2D eigenvalue weighted by molar-refractivity contribution is 0.181. The summed E-state index contributed by atoms with van der Waals surface area (Å²) in [5.74, 6) is -0.277. The summed E-state index contributed by atoms with van der Waals surface area (Å²) in [6.45, 7) is 5.21. The minimum absolute atomic E-state index is 0.277. The molecule has 1 unspecified atom stereocenters. The molecule has 0 saturated carbocycles. The number of aryl methyl sites for hydroxylation is 1. The summed E-state index contributed by atoms with van der Waals surface area (Å²) in [5.41, 5.74) is 1.19. The van der Waals surface area contributed by atoms with Crippen molar-refractivity contribution in [3.63, 3.8) is 0 Å². The number of aliphatic hydroxyl groups is 1. The van der Waals surface area contributed by atoms with Crippen LogP contribution in [0.15, 0.2) is 30.9 Å². The third-order valence-corrected chi connectivity index (χ3v) is 1.97. The fourth-order valence-electron chi connectivity index (χ4n) is 1.11. The highest BCUT2D eigenvalue weighted by atomic mass is 19.1. The molecule has 1 N–H and O–H groups in total. The van der Waals surface area contributed by atoms with Gasteiger partial charge in [0.15, 0.2) is 0 Å². The first-order valence-corrected chi connectivity index (χ1v) is 4.20. The Labute approximate surface area is 77.5 Å². The molecule has 70 valence electrons. The molecule has 1 aromatic carbocycles. The molecule has 0 heterocycles. The van der Waals surface area contributed by atoms with Crippen LogP contribution < -0.4 is 0 Å². The lowest BCUT2D eigenvalue weighted by Crippen LogP contribution is -1.97. The molecule has 0 aliphatic carbocycles. The van der Waals surface area contributed by atoms with Gasteiger partial charge in [0.05, 0.1) is 6.10 Å². The van der Waals surface area contributed by atoms with Crippen molar-refractivity contribution in [2.75, 3.05) is 0 Å². The van der Waals surface area contributed by atoms with Crippen molar-refractivity contribution < 1.29 is 9.50 Å². The quantitative estimate of drug-likeness (QED) is 0.709. The van der Waals surface area contributed by atoms with Crippen molar-refractivity contribution in [2.24, 2.45) is 0 Å². The highest BCUT2D eigenvalue weighted by Crippen LogP contribution is 2.19. The number of hydrogen-bond donors (Lipinski definition) is 1. The average molecular weight is 180 g/mol. The topological polar surface area (TPSA) is 20.2 Å². The van der Waals surface area contributed by atoms with Crippen LogP contribution in [-0.4, -0.2) is 5.11 Å². The van der Waals surface area contributed by atoms with Crippen LogP contribution in [0.4, 0.5) is 4.39 Å². The molecule has 0 amide bonds. The zero-order valence-electron chi connectivity index (χ0n) is 7.63. The molecule has 1 aromatic rings. The van der Waals surface area contributed by atoms with Gasteiger partial charge in [0, 0.05) is 0 Å². The van der Waals surface area contributed by atoms with Gasteiger partial charge in [-0.1, -0.05) is 18.2 Å². The second-order valence-corrected chi connectivity index (χ2v) is 3.05. The van der Waals surface area contributed by atoms with Crippen molar-refractivity contribution >= 4 is 0 Å². The van der Waals surface area contributed by atoms with Gasteiger partial charge in [-0.25, -0.2) is 4.39 Å². The van der Waals surface area contributed by atoms with E-state index in [9.17, 15) is 9.50 Å². The van der Waals surface area contributed by atoms with Crippen LogP contribution in [0.1, 0.15) is 23.7 Å². The van der Waals surface area contributed by atoms with Crippen LogP contribution in [0.5, 0.6) is 0 Å². The van der Waals surface area contributed by atoms with Gasteiger partial charge in [0.1, 0.15) is 5.82 Å². The Morgan fingerprint density at radius 1 is 1.62 bits per heavy atom. The monoisotopic (exact) mass is 180 g/mol. The van der Waals surface area contributed by atoms with E-state index < -0.39 is 6.10 Å². The van der Waals surface area contributed by atoms with Gasteiger partial charge in [-0.15, -0.1) is 6.58 Å². The van der Waals surface area contributed by atoms with E-state index >= 15 is 0 Å². The first-order chi connectivity index (χ1) is 6.15. The van der Waals surface area contributed by atoms with Gasteiger partial charge in [-0.05, 0) is 30.5 Å². The zero-order valence-corrected chi connectivity index (χ0v) is 7.63. The summed E-state index contributed by atoms with van der Waals surface area (Å²) in [5, 5.41) is 9.50. The van der Waals surface area contributed by atoms with E-state index in [1.165, 1.54) is 6.07 Å². The van der Waals surface area contributed by atoms with Crippen LogP contribution in [0.3, 0.4) is 0 Å². The minimum Gasteiger partial charge on any atom is -0.388 e. The van der Waals surface area contributed by atoms with E-state index in [-0.39, 0.29) is 5.82 Å². The second-order valence-electron chi connectivity index (χ2n) is 3.05. The first kappa shape index (κ1) is 9.93. The van der Waals surface area contributed by atoms with Crippen molar-refractivity contribution in [2.45, 2.75) is 19.4 Å². The van der Waals surface area contributed by atoms with Gasteiger partial charge in [0.25, 0.3) is 0 Å². The minimum atomic E-state index is -0.646. The fraction of sp³-hybridized carbons (Fsp3) is 0.273. The molecule has 0 spiro atoms. The van der Waals surface area contributed by atoms with Crippen molar-refractivity contribution in [1.29, 1.82) is 0 Å². The summed E-state index contributed by atoms with van der Waals surface area (Å²) in [6, 6.07) is 4.76. The molecular formula is C11H13FO. The average Bonchev–Trinajstić information content (AvgIpc) is 2.10.